The second-order valence-corrected chi connectivity index (χ2v) is 6.74. The summed E-state index contributed by atoms with van der Waals surface area (Å²) in [5.74, 6) is 0.198. The Morgan fingerprint density at radius 1 is 0.609 bits per heavy atom. The van der Waals surface area contributed by atoms with E-state index in [4.69, 9.17) is 0 Å². The number of hydrogen-bond donors (Lipinski definition) is 2. The molecule has 0 radical (unpaired) electrons. The van der Waals surface area contributed by atoms with Gasteiger partial charge in [-0.25, -0.2) is 0 Å². The lowest BCUT2D eigenvalue weighted by Gasteiger charge is -2.06. The van der Waals surface area contributed by atoms with Crippen LogP contribution in [-0.4, -0.2) is 25.5 Å². The van der Waals surface area contributed by atoms with E-state index >= 15 is 0 Å². The fourth-order valence-electron chi connectivity index (χ4n) is 2.76. The summed E-state index contributed by atoms with van der Waals surface area (Å²) in [6.45, 7) is 7.18. The summed E-state index contributed by atoms with van der Waals surface area (Å²) < 4.78 is 0. The van der Waals surface area contributed by atoms with Crippen molar-refractivity contribution >= 4 is 5.91 Å². The van der Waals surface area contributed by atoms with Gasteiger partial charge in [-0.05, 0) is 19.4 Å². The van der Waals surface area contributed by atoms with E-state index in [0.717, 1.165) is 26.1 Å². The number of carbonyl (C=O) groups excluding carboxylic acids is 1. The Morgan fingerprint density at radius 2 is 1.09 bits per heavy atom. The molecule has 3 heteroatoms. The smallest absolute Gasteiger partial charge is 0.221 e. The summed E-state index contributed by atoms with van der Waals surface area (Å²) in [5, 5.41) is 6.36. The molecule has 1 amide bonds. The number of hydrogen-bond acceptors (Lipinski definition) is 2. The number of unbranched alkanes of at least 4 members (excludes halogenated alkanes) is 11. The third-order valence-corrected chi connectivity index (χ3v) is 4.34. The molecule has 2 N–H and O–H groups in total. The highest BCUT2D eigenvalue weighted by Gasteiger charge is 1.99. The van der Waals surface area contributed by atoms with Crippen LogP contribution < -0.4 is 10.6 Å². The highest BCUT2D eigenvalue weighted by Crippen LogP contribution is 2.10. The maximum atomic E-state index is 11.6. The lowest BCUT2D eigenvalue weighted by molar-refractivity contribution is -0.121. The van der Waals surface area contributed by atoms with Crippen molar-refractivity contribution in [3.05, 3.63) is 0 Å². The predicted octanol–water partition coefficient (Wildman–Crippen LogP) is 5.19. The fraction of sp³-hybridized carbons (Fsp3) is 0.950. The molecule has 3 nitrogen and oxygen atoms in total. The van der Waals surface area contributed by atoms with E-state index in [1.165, 1.54) is 77.0 Å². The molecule has 0 heterocycles. The molecule has 0 unspecified atom stereocenters. The van der Waals surface area contributed by atoms with E-state index in [2.05, 4.69) is 24.5 Å². The van der Waals surface area contributed by atoms with Crippen LogP contribution in [0.25, 0.3) is 0 Å². The first kappa shape index (κ1) is 22.4. The van der Waals surface area contributed by atoms with Crippen molar-refractivity contribution in [2.75, 3.05) is 19.6 Å². The monoisotopic (exact) mass is 326 g/mol. The molecule has 0 aromatic heterocycles. The Hall–Kier alpha value is -0.570. The van der Waals surface area contributed by atoms with E-state index in [9.17, 15) is 4.79 Å². The Kier molecular flexibility index (Phi) is 19.0. The van der Waals surface area contributed by atoms with E-state index in [-0.39, 0.29) is 5.91 Å². The van der Waals surface area contributed by atoms with Crippen molar-refractivity contribution < 1.29 is 4.79 Å². The van der Waals surface area contributed by atoms with Crippen molar-refractivity contribution in [3.8, 4) is 0 Å². The maximum absolute atomic E-state index is 11.6. The van der Waals surface area contributed by atoms with Gasteiger partial charge in [0.15, 0.2) is 0 Å². The minimum Gasteiger partial charge on any atom is -0.356 e. The second-order valence-electron chi connectivity index (χ2n) is 6.74. The third kappa shape index (κ3) is 19.4. The topological polar surface area (TPSA) is 41.1 Å². The number of nitrogens with one attached hydrogen (secondary N) is 2. The Labute approximate surface area is 145 Å². The van der Waals surface area contributed by atoms with Gasteiger partial charge in [-0.1, -0.05) is 84.5 Å². The normalized spacial score (nSPS) is 10.9. The Balaban J connectivity index is 3.11. The second kappa shape index (κ2) is 19.5. The molecule has 0 rings (SSSR count). The van der Waals surface area contributed by atoms with Crippen molar-refractivity contribution in [1.82, 2.24) is 10.6 Å². The molecule has 0 atom stereocenters. The highest BCUT2D eigenvalue weighted by atomic mass is 16.1. The molecule has 0 aliphatic carbocycles. The van der Waals surface area contributed by atoms with Crippen molar-refractivity contribution in [2.24, 2.45) is 0 Å². The molecule has 0 bridgehead atoms. The van der Waals surface area contributed by atoms with Gasteiger partial charge in [-0.15, -0.1) is 0 Å². The van der Waals surface area contributed by atoms with Gasteiger partial charge in [0.2, 0.25) is 5.91 Å². The lowest BCUT2D eigenvalue weighted by atomic mass is 10.1. The Bertz CT molecular complexity index is 244. The van der Waals surface area contributed by atoms with Gasteiger partial charge in [0, 0.05) is 19.5 Å². The standard InChI is InChI=1S/C20H42N2O/c1-3-5-7-8-9-10-11-12-13-15-18-22-20(23)16-19-21-17-14-6-4-2/h21H,3-19H2,1-2H3,(H,22,23). The van der Waals surface area contributed by atoms with Gasteiger partial charge in [0.1, 0.15) is 0 Å². The fourth-order valence-corrected chi connectivity index (χ4v) is 2.76. The molecule has 0 spiro atoms. The van der Waals surface area contributed by atoms with E-state index in [1.807, 2.05) is 0 Å². The SMILES string of the molecule is CCCCCCCCCCCCNC(=O)CCNCCCCC. The van der Waals surface area contributed by atoms with Gasteiger partial charge in [0.25, 0.3) is 0 Å². The average Bonchev–Trinajstić information content (AvgIpc) is 2.56. The van der Waals surface area contributed by atoms with Crippen molar-refractivity contribution in [3.63, 3.8) is 0 Å². The van der Waals surface area contributed by atoms with Gasteiger partial charge in [0.05, 0.1) is 0 Å². The zero-order valence-corrected chi connectivity index (χ0v) is 15.9. The molecule has 0 fully saturated rings. The summed E-state index contributed by atoms with van der Waals surface area (Å²) in [5.41, 5.74) is 0. The van der Waals surface area contributed by atoms with Crippen LogP contribution in [0, 0.1) is 0 Å². The summed E-state index contributed by atoms with van der Waals surface area (Å²) in [6.07, 6.45) is 17.8. The molecule has 138 valence electrons. The van der Waals surface area contributed by atoms with Gasteiger partial charge in [-0.2, -0.15) is 0 Å². The molecular weight excluding hydrogens is 284 g/mol. The van der Waals surface area contributed by atoms with Crippen LogP contribution in [0.3, 0.4) is 0 Å². The van der Waals surface area contributed by atoms with Crippen molar-refractivity contribution in [1.29, 1.82) is 0 Å². The van der Waals surface area contributed by atoms with Crippen LogP contribution >= 0.6 is 0 Å². The van der Waals surface area contributed by atoms with Gasteiger partial charge in [-0.3, -0.25) is 4.79 Å². The predicted molar refractivity (Wildman–Crippen MR) is 102 cm³/mol. The van der Waals surface area contributed by atoms with Crippen molar-refractivity contribution in [2.45, 2.75) is 104 Å². The van der Waals surface area contributed by atoms with Crippen LogP contribution in [0.5, 0.6) is 0 Å². The van der Waals surface area contributed by atoms with E-state index in [1.54, 1.807) is 0 Å². The first-order valence-electron chi connectivity index (χ1n) is 10.3. The van der Waals surface area contributed by atoms with Crippen LogP contribution in [0.2, 0.25) is 0 Å². The van der Waals surface area contributed by atoms with Crippen LogP contribution in [0.1, 0.15) is 104 Å². The minimum absolute atomic E-state index is 0.198. The molecular formula is C20H42N2O. The van der Waals surface area contributed by atoms with Crippen LogP contribution in [0.15, 0.2) is 0 Å². The Morgan fingerprint density at radius 3 is 1.70 bits per heavy atom. The lowest BCUT2D eigenvalue weighted by Crippen LogP contribution is -2.28. The first-order valence-corrected chi connectivity index (χ1v) is 10.3. The number of amides is 1. The average molecular weight is 327 g/mol. The molecule has 0 saturated heterocycles. The minimum atomic E-state index is 0.198. The molecule has 0 aromatic rings. The summed E-state index contributed by atoms with van der Waals surface area (Å²) >= 11 is 0. The zero-order valence-electron chi connectivity index (χ0n) is 15.9. The molecule has 0 aliphatic rings. The molecule has 0 aliphatic heterocycles. The molecule has 0 saturated carbocycles. The van der Waals surface area contributed by atoms with E-state index < -0.39 is 0 Å². The maximum Gasteiger partial charge on any atom is 0.221 e. The first-order chi connectivity index (χ1) is 11.3. The summed E-state index contributed by atoms with van der Waals surface area (Å²) in [4.78, 5) is 11.6. The van der Waals surface area contributed by atoms with Crippen LogP contribution in [0.4, 0.5) is 0 Å². The number of carbonyl (C=O) groups is 1. The van der Waals surface area contributed by atoms with Gasteiger partial charge >= 0.3 is 0 Å². The summed E-state index contributed by atoms with van der Waals surface area (Å²) in [6, 6.07) is 0. The largest absolute Gasteiger partial charge is 0.356 e. The third-order valence-electron chi connectivity index (χ3n) is 4.34. The number of rotatable bonds is 18. The molecule has 0 aromatic carbocycles. The quantitative estimate of drug-likeness (QED) is 0.340. The molecule has 23 heavy (non-hydrogen) atoms. The van der Waals surface area contributed by atoms with Gasteiger partial charge < -0.3 is 10.6 Å². The van der Waals surface area contributed by atoms with E-state index in [0.29, 0.717) is 6.42 Å². The summed E-state index contributed by atoms with van der Waals surface area (Å²) in [7, 11) is 0. The zero-order chi connectivity index (χ0) is 17.0. The highest BCUT2D eigenvalue weighted by molar-refractivity contribution is 5.75. The van der Waals surface area contributed by atoms with Crippen LogP contribution in [-0.2, 0) is 4.79 Å².